The highest BCUT2D eigenvalue weighted by Crippen LogP contribution is 2.17. The summed E-state index contributed by atoms with van der Waals surface area (Å²) in [5.41, 5.74) is 1.35. The summed E-state index contributed by atoms with van der Waals surface area (Å²) in [6.45, 7) is 1.53. The van der Waals surface area contributed by atoms with E-state index in [1.807, 2.05) is 0 Å². The van der Waals surface area contributed by atoms with Gasteiger partial charge in [0.1, 0.15) is 5.69 Å². The molecule has 19 heavy (non-hydrogen) atoms. The molecule has 3 heterocycles. The third-order valence-corrected chi connectivity index (χ3v) is 3.23. The van der Waals surface area contributed by atoms with Gasteiger partial charge in [0.25, 0.3) is 5.89 Å². The SMILES string of the molecule is C#Cc1ccc2oc(C(=O)N3CCCCC3)nc2n1. The maximum atomic E-state index is 12.2. The topological polar surface area (TPSA) is 59.2 Å². The summed E-state index contributed by atoms with van der Waals surface area (Å²) in [5, 5.41) is 0. The maximum absolute atomic E-state index is 12.2. The Morgan fingerprint density at radius 2 is 2.05 bits per heavy atom. The fourth-order valence-corrected chi connectivity index (χ4v) is 2.22. The Morgan fingerprint density at radius 1 is 1.26 bits per heavy atom. The van der Waals surface area contributed by atoms with Crippen molar-refractivity contribution in [3.05, 3.63) is 23.7 Å². The third-order valence-electron chi connectivity index (χ3n) is 3.23. The van der Waals surface area contributed by atoms with Crippen molar-refractivity contribution in [3.8, 4) is 12.3 Å². The van der Waals surface area contributed by atoms with Crippen molar-refractivity contribution < 1.29 is 9.21 Å². The molecular weight excluding hydrogens is 242 g/mol. The third kappa shape index (κ3) is 2.17. The number of carbonyl (C=O) groups excluding carboxylic acids is 1. The lowest BCUT2D eigenvalue weighted by molar-refractivity contribution is 0.0686. The van der Waals surface area contributed by atoms with Gasteiger partial charge in [-0.3, -0.25) is 4.79 Å². The number of fused-ring (bicyclic) bond motifs is 1. The van der Waals surface area contributed by atoms with Crippen LogP contribution in [0.2, 0.25) is 0 Å². The lowest BCUT2D eigenvalue weighted by atomic mass is 10.1. The molecule has 2 aromatic rings. The van der Waals surface area contributed by atoms with E-state index in [0.717, 1.165) is 25.9 Å². The molecule has 1 amide bonds. The molecule has 3 rings (SSSR count). The normalized spacial score (nSPS) is 15.4. The van der Waals surface area contributed by atoms with Gasteiger partial charge in [-0.2, -0.15) is 4.98 Å². The molecule has 0 radical (unpaired) electrons. The van der Waals surface area contributed by atoms with Crippen molar-refractivity contribution in [3.63, 3.8) is 0 Å². The van der Waals surface area contributed by atoms with Crippen LogP contribution in [-0.2, 0) is 0 Å². The zero-order chi connectivity index (χ0) is 13.2. The Morgan fingerprint density at radius 3 is 2.79 bits per heavy atom. The van der Waals surface area contributed by atoms with Crippen LogP contribution in [0.25, 0.3) is 11.2 Å². The Kier molecular flexibility index (Phi) is 2.92. The number of nitrogens with zero attached hydrogens (tertiary/aromatic N) is 3. The fraction of sp³-hybridized carbons (Fsp3) is 0.357. The smallest absolute Gasteiger partial charge is 0.309 e. The van der Waals surface area contributed by atoms with Crippen molar-refractivity contribution in [2.75, 3.05) is 13.1 Å². The molecule has 0 N–H and O–H groups in total. The fourth-order valence-electron chi connectivity index (χ4n) is 2.22. The van der Waals surface area contributed by atoms with Gasteiger partial charge in [0, 0.05) is 13.1 Å². The molecule has 0 atom stereocenters. The minimum Gasteiger partial charge on any atom is -0.431 e. The Balaban J connectivity index is 1.92. The summed E-state index contributed by atoms with van der Waals surface area (Å²) >= 11 is 0. The zero-order valence-electron chi connectivity index (χ0n) is 10.4. The van der Waals surface area contributed by atoms with E-state index >= 15 is 0 Å². The Hall–Kier alpha value is -2.35. The monoisotopic (exact) mass is 255 g/mol. The first-order chi connectivity index (χ1) is 9.28. The van der Waals surface area contributed by atoms with Gasteiger partial charge in [-0.05, 0) is 31.4 Å². The Bertz CT molecular complexity index is 663. The summed E-state index contributed by atoms with van der Waals surface area (Å²) in [4.78, 5) is 22.3. The highest BCUT2D eigenvalue weighted by Gasteiger charge is 2.23. The first-order valence-corrected chi connectivity index (χ1v) is 6.31. The van der Waals surface area contributed by atoms with Crippen molar-refractivity contribution in [2.45, 2.75) is 19.3 Å². The molecule has 0 aliphatic carbocycles. The second-order valence-corrected chi connectivity index (χ2v) is 4.53. The van der Waals surface area contributed by atoms with Gasteiger partial charge in [-0.25, -0.2) is 4.98 Å². The molecule has 5 heteroatoms. The van der Waals surface area contributed by atoms with Crippen LogP contribution in [0.15, 0.2) is 16.5 Å². The van der Waals surface area contributed by atoms with Crippen LogP contribution in [0.4, 0.5) is 0 Å². The Labute approximate surface area is 110 Å². The summed E-state index contributed by atoms with van der Waals surface area (Å²) in [5.74, 6) is 2.36. The number of carbonyl (C=O) groups is 1. The van der Waals surface area contributed by atoms with Crippen LogP contribution in [0.3, 0.4) is 0 Å². The van der Waals surface area contributed by atoms with Crippen molar-refractivity contribution >= 4 is 17.1 Å². The van der Waals surface area contributed by atoms with Crippen LogP contribution < -0.4 is 0 Å². The van der Waals surface area contributed by atoms with Crippen LogP contribution >= 0.6 is 0 Å². The minimum atomic E-state index is -0.167. The zero-order valence-corrected chi connectivity index (χ0v) is 10.4. The molecule has 1 fully saturated rings. The number of hydrogen-bond acceptors (Lipinski definition) is 4. The lowest BCUT2D eigenvalue weighted by Gasteiger charge is -2.25. The first-order valence-electron chi connectivity index (χ1n) is 6.31. The molecule has 2 aromatic heterocycles. The second kappa shape index (κ2) is 4.73. The van der Waals surface area contributed by atoms with E-state index < -0.39 is 0 Å². The van der Waals surface area contributed by atoms with Crippen molar-refractivity contribution in [2.24, 2.45) is 0 Å². The molecule has 1 aliphatic heterocycles. The van der Waals surface area contributed by atoms with E-state index in [1.54, 1.807) is 17.0 Å². The lowest BCUT2D eigenvalue weighted by Crippen LogP contribution is -2.35. The van der Waals surface area contributed by atoms with Crippen LogP contribution in [-0.4, -0.2) is 33.9 Å². The molecule has 0 spiro atoms. The number of piperidine rings is 1. The van der Waals surface area contributed by atoms with Gasteiger partial charge in [0.15, 0.2) is 5.58 Å². The van der Waals surface area contributed by atoms with E-state index in [1.165, 1.54) is 6.42 Å². The quantitative estimate of drug-likeness (QED) is 0.729. The first kappa shape index (κ1) is 11.7. The number of rotatable bonds is 1. The molecule has 5 nitrogen and oxygen atoms in total. The molecule has 0 saturated carbocycles. The van der Waals surface area contributed by atoms with Crippen LogP contribution in [0, 0.1) is 12.3 Å². The average Bonchev–Trinajstić information content (AvgIpc) is 2.90. The highest BCUT2D eigenvalue weighted by molar-refractivity contribution is 5.92. The van der Waals surface area contributed by atoms with Gasteiger partial charge in [-0.1, -0.05) is 5.92 Å². The number of aromatic nitrogens is 2. The van der Waals surface area contributed by atoms with Crippen LogP contribution in [0.1, 0.15) is 35.6 Å². The summed E-state index contributed by atoms with van der Waals surface area (Å²) in [6, 6.07) is 3.36. The standard InChI is InChI=1S/C14H13N3O2/c1-2-10-6-7-11-12(15-10)16-13(19-11)14(18)17-8-4-3-5-9-17/h1,6-7H,3-5,8-9H2. The van der Waals surface area contributed by atoms with E-state index in [0.29, 0.717) is 16.9 Å². The predicted molar refractivity (Wildman–Crippen MR) is 69.5 cm³/mol. The number of oxazole rings is 1. The van der Waals surface area contributed by atoms with Gasteiger partial charge in [0.05, 0.1) is 0 Å². The predicted octanol–water partition coefficient (Wildman–Crippen LogP) is 1.83. The molecule has 0 unspecified atom stereocenters. The van der Waals surface area contributed by atoms with Crippen molar-refractivity contribution in [1.29, 1.82) is 0 Å². The van der Waals surface area contributed by atoms with Gasteiger partial charge in [0.2, 0.25) is 5.65 Å². The van der Waals surface area contributed by atoms with E-state index in [-0.39, 0.29) is 11.8 Å². The molecule has 1 aliphatic rings. The van der Waals surface area contributed by atoms with Gasteiger partial charge in [-0.15, -0.1) is 6.42 Å². The highest BCUT2D eigenvalue weighted by atomic mass is 16.4. The number of likely N-dealkylation sites (tertiary alicyclic amines) is 1. The van der Waals surface area contributed by atoms with E-state index in [2.05, 4.69) is 15.9 Å². The number of terminal acetylenes is 1. The van der Waals surface area contributed by atoms with Crippen LogP contribution in [0.5, 0.6) is 0 Å². The summed E-state index contributed by atoms with van der Waals surface area (Å²) in [7, 11) is 0. The largest absolute Gasteiger partial charge is 0.431 e. The van der Waals surface area contributed by atoms with Gasteiger partial charge < -0.3 is 9.32 Å². The summed E-state index contributed by atoms with van der Waals surface area (Å²) in [6.07, 6.45) is 8.52. The van der Waals surface area contributed by atoms with E-state index in [4.69, 9.17) is 10.8 Å². The minimum absolute atomic E-state index is 0.0959. The molecule has 0 aromatic carbocycles. The molecule has 1 saturated heterocycles. The number of amides is 1. The van der Waals surface area contributed by atoms with Gasteiger partial charge >= 0.3 is 5.91 Å². The van der Waals surface area contributed by atoms with Crippen molar-refractivity contribution in [1.82, 2.24) is 14.9 Å². The molecule has 0 bridgehead atoms. The summed E-state index contributed by atoms with van der Waals surface area (Å²) < 4.78 is 5.45. The molecule has 96 valence electrons. The molecular formula is C14H13N3O2. The average molecular weight is 255 g/mol. The number of pyridine rings is 1. The maximum Gasteiger partial charge on any atom is 0.309 e. The second-order valence-electron chi connectivity index (χ2n) is 4.53. The number of hydrogen-bond donors (Lipinski definition) is 0. The van der Waals surface area contributed by atoms with E-state index in [9.17, 15) is 4.79 Å².